The lowest BCUT2D eigenvalue weighted by atomic mass is 10.1. The Labute approximate surface area is 171 Å². The van der Waals surface area contributed by atoms with Crippen LogP contribution in [-0.4, -0.2) is 43.6 Å². The van der Waals surface area contributed by atoms with Crippen molar-refractivity contribution in [1.29, 1.82) is 0 Å². The Morgan fingerprint density at radius 1 is 1.17 bits per heavy atom. The quantitative estimate of drug-likeness (QED) is 0.602. The first-order valence-corrected chi connectivity index (χ1v) is 8.37. The number of nitrogens with one attached hydrogen (secondary N) is 2. The standard InChI is InChI=1S/C16H11ClF3N7O3/c1-27-16(24-25-26-27)23-14(29)8-2-3-10(30-15(19)20)12(11(8)17)22-13(28)7-4-5-21-6-9(7)18/h2-6,15H,1H3,(H,22,28)(H,23,24,26,29). The van der Waals surface area contributed by atoms with Crippen molar-refractivity contribution >= 4 is 35.1 Å². The Kier molecular flexibility index (Phi) is 6.11. The fourth-order valence-corrected chi connectivity index (χ4v) is 2.58. The number of amides is 2. The Morgan fingerprint density at radius 2 is 1.90 bits per heavy atom. The fraction of sp³-hybridized carbons (Fsp3) is 0.125. The van der Waals surface area contributed by atoms with Crippen molar-refractivity contribution < 1.29 is 27.5 Å². The lowest BCUT2D eigenvalue weighted by Gasteiger charge is -2.16. The predicted molar refractivity (Wildman–Crippen MR) is 97.0 cm³/mol. The number of carbonyl (C=O) groups is 2. The summed E-state index contributed by atoms with van der Waals surface area (Å²) in [6, 6.07) is 3.17. The summed E-state index contributed by atoms with van der Waals surface area (Å²) in [4.78, 5) is 28.4. The number of hydrogen-bond donors (Lipinski definition) is 2. The molecule has 0 aliphatic carbocycles. The third-order valence-corrected chi connectivity index (χ3v) is 4.06. The monoisotopic (exact) mass is 441 g/mol. The number of ether oxygens (including phenoxy) is 1. The van der Waals surface area contributed by atoms with Gasteiger partial charge in [0.25, 0.3) is 11.8 Å². The Bertz CT molecular complexity index is 1110. The molecule has 3 aromatic rings. The van der Waals surface area contributed by atoms with Crippen LogP contribution in [0.3, 0.4) is 0 Å². The van der Waals surface area contributed by atoms with Gasteiger partial charge in [-0.05, 0) is 28.6 Å². The highest BCUT2D eigenvalue weighted by Crippen LogP contribution is 2.37. The number of rotatable bonds is 6. The number of aryl methyl sites for hydroxylation is 1. The number of pyridine rings is 1. The van der Waals surface area contributed by atoms with Gasteiger partial charge in [-0.3, -0.25) is 19.9 Å². The second kappa shape index (κ2) is 8.73. The maximum absolute atomic E-state index is 13.8. The van der Waals surface area contributed by atoms with Gasteiger partial charge < -0.3 is 10.1 Å². The van der Waals surface area contributed by atoms with Crippen LogP contribution in [0.5, 0.6) is 5.75 Å². The summed E-state index contributed by atoms with van der Waals surface area (Å²) in [6.45, 7) is -3.25. The van der Waals surface area contributed by atoms with Gasteiger partial charge in [-0.1, -0.05) is 16.7 Å². The Balaban J connectivity index is 1.97. The van der Waals surface area contributed by atoms with Crippen LogP contribution in [0.15, 0.2) is 30.6 Å². The van der Waals surface area contributed by atoms with Crippen LogP contribution in [0.1, 0.15) is 20.7 Å². The maximum atomic E-state index is 13.8. The van der Waals surface area contributed by atoms with Gasteiger partial charge in [0.1, 0.15) is 5.69 Å². The average molecular weight is 442 g/mol. The van der Waals surface area contributed by atoms with E-state index >= 15 is 0 Å². The molecule has 0 atom stereocenters. The average Bonchev–Trinajstić information content (AvgIpc) is 3.09. The fourth-order valence-electron chi connectivity index (χ4n) is 2.29. The molecule has 0 saturated carbocycles. The molecule has 2 aromatic heterocycles. The maximum Gasteiger partial charge on any atom is 0.387 e. The van der Waals surface area contributed by atoms with Gasteiger partial charge in [0.2, 0.25) is 5.95 Å². The summed E-state index contributed by atoms with van der Waals surface area (Å²) >= 11 is 6.18. The number of carbonyl (C=O) groups excluding carboxylic acids is 2. The minimum Gasteiger partial charge on any atom is -0.433 e. The van der Waals surface area contributed by atoms with E-state index in [1.54, 1.807) is 0 Å². The van der Waals surface area contributed by atoms with Gasteiger partial charge in [0.15, 0.2) is 11.6 Å². The van der Waals surface area contributed by atoms with Gasteiger partial charge in [-0.2, -0.15) is 8.78 Å². The lowest BCUT2D eigenvalue weighted by molar-refractivity contribution is -0.0493. The topological polar surface area (TPSA) is 124 Å². The SMILES string of the molecule is Cn1nnnc1NC(=O)c1ccc(OC(F)F)c(NC(=O)c2ccncc2F)c1Cl. The number of benzene rings is 1. The van der Waals surface area contributed by atoms with E-state index in [0.29, 0.717) is 0 Å². The van der Waals surface area contributed by atoms with E-state index in [-0.39, 0.29) is 11.5 Å². The number of anilines is 2. The molecule has 0 spiro atoms. The van der Waals surface area contributed by atoms with Gasteiger partial charge in [-0.25, -0.2) is 9.07 Å². The molecule has 156 valence electrons. The van der Waals surface area contributed by atoms with E-state index in [1.807, 2.05) is 0 Å². The van der Waals surface area contributed by atoms with Crippen LogP contribution in [-0.2, 0) is 7.05 Å². The summed E-state index contributed by atoms with van der Waals surface area (Å²) in [5.41, 5.74) is -1.10. The van der Waals surface area contributed by atoms with E-state index in [1.165, 1.54) is 7.05 Å². The molecular weight excluding hydrogens is 431 g/mol. The first-order valence-electron chi connectivity index (χ1n) is 7.99. The Morgan fingerprint density at radius 3 is 2.53 bits per heavy atom. The van der Waals surface area contributed by atoms with Crippen molar-refractivity contribution in [2.24, 2.45) is 7.05 Å². The van der Waals surface area contributed by atoms with Gasteiger partial charge in [-0.15, -0.1) is 0 Å². The number of aromatic nitrogens is 5. The number of hydrogen-bond acceptors (Lipinski definition) is 7. The molecule has 0 unspecified atom stereocenters. The largest absolute Gasteiger partial charge is 0.433 e. The molecule has 0 radical (unpaired) electrons. The summed E-state index contributed by atoms with van der Waals surface area (Å²) in [5.74, 6) is -3.33. The molecule has 2 amide bonds. The molecular formula is C16H11ClF3N7O3. The van der Waals surface area contributed by atoms with Crippen LogP contribution < -0.4 is 15.4 Å². The molecule has 0 aliphatic heterocycles. The molecule has 2 heterocycles. The highest BCUT2D eigenvalue weighted by atomic mass is 35.5. The van der Waals surface area contributed by atoms with E-state index in [2.05, 4.69) is 35.9 Å². The van der Waals surface area contributed by atoms with E-state index < -0.39 is 46.3 Å². The van der Waals surface area contributed by atoms with Crippen molar-refractivity contribution in [3.63, 3.8) is 0 Å². The lowest BCUT2D eigenvalue weighted by Crippen LogP contribution is -2.19. The highest BCUT2D eigenvalue weighted by molar-refractivity contribution is 6.38. The van der Waals surface area contributed by atoms with Gasteiger partial charge >= 0.3 is 6.61 Å². The van der Waals surface area contributed by atoms with Crippen molar-refractivity contribution in [1.82, 2.24) is 25.2 Å². The number of nitrogens with zero attached hydrogens (tertiary/aromatic N) is 5. The van der Waals surface area contributed by atoms with Crippen molar-refractivity contribution in [2.75, 3.05) is 10.6 Å². The third kappa shape index (κ3) is 4.46. The molecule has 0 aliphatic rings. The zero-order valence-corrected chi connectivity index (χ0v) is 15.7. The molecule has 14 heteroatoms. The van der Waals surface area contributed by atoms with Crippen LogP contribution in [0.25, 0.3) is 0 Å². The zero-order valence-electron chi connectivity index (χ0n) is 14.9. The van der Waals surface area contributed by atoms with Crippen LogP contribution in [0.4, 0.5) is 24.8 Å². The highest BCUT2D eigenvalue weighted by Gasteiger charge is 2.23. The van der Waals surface area contributed by atoms with Crippen LogP contribution in [0.2, 0.25) is 5.02 Å². The van der Waals surface area contributed by atoms with Crippen molar-refractivity contribution in [3.8, 4) is 5.75 Å². The normalized spacial score (nSPS) is 10.7. The first kappa shape index (κ1) is 21.0. The predicted octanol–water partition coefficient (Wildman–Crippen LogP) is 2.50. The number of halogens is 4. The summed E-state index contributed by atoms with van der Waals surface area (Å²) < 4.78 is 44.8. The Hall–Kier alpha value is -3.74. The van der Waals surface area contributed by atoms with Crippen LogP contribution >= 0.6 is 11.6 Å². The molecule has 1 aromatic carbocycles. The van der Waals surface area contributed by atoms with Gasteiger partial charge in [0.05, 0.1) is 22.3 Å². The summed E-state index contributed by atoms with van der Waals surface area (Å²) in [6.07, 6.45) is 1.96. The van der Waals surface area contributed by atoms with Gasteiger partial charge in [0, 0.05) is 13.2 Å². The summed E-state index contributed by atoms with van der Waals surface area (Å²) in [7, 11) is 1.46. The molecule has 0 fully saturated rings. The molecule has 0 saturated heterocycles. The number of alkyl halides is 2. The molecule has 30 heavy (non-hydrogen) atoms. The van der Waals surface area contributed by atoms with Crippen LogP contribution in [0, 0.1) is 5.82 Å². The number of tetrazole rings is 1. The first-order chi connectivity index (χ1) is 14.3. The molecule has 2 N–H and O–H groups in total. The second-order valence-electron chi connectivity index (χ2n) is 5.57. The van der Waals surface area contributed by atoms with Crippen molar-refractivity contribution in [3.05, 3.63) is 52.6 Å². The molecule has 0 bridgehead atoms. The second-order valence-corrected chi connectivity index (χ2v) is 5.95. The zero-order chi connectivity index (χ0) is 21.8. The third-order valence-electron chi connectivity index (χ3n) is 3.67. The summed E-state index contributed by atoms with van der Waals surface area (Å²) in [5, 5.41) is 14.6. The molecule has 10 nitrogen and oxygen atoms in total. The van der Waals surface area contributed by atoms with E-state index in [4.69, 9.17) is 11.6 Å². The van der Waals surface area contributed by atoms with Crippen molar-refractivity contribution in [2.45, 2.75) is 6.61 Å². The molecule has 3 rings (SSSR count). The van der Waals surface area contributed by atoms with E-state index in [0.717, 1.165) is 35.3 Å². The van der Waals surface area contributed by atoms with E-state index in [9.17, 15) is 22.8 Å². The minimum atomic E-state index is -3.25. The minimum absolute atomic E-state index is 0.0200. The smallest absolute Gasteiger partial charge is 0.387 e.